The molecule has 1 aliphatic heterocycles. The van der Waals surface area contributed by atoms with E-state index in [1.54, 1.807) is 16.9 Å². The van der Waals surface area contributed by atoms with Crippen LogP contribution in [0.25, 0.3) is 11.3 Å². The lowest BCUT2D eigenvalue weighted by atomic mass is 9.90. The van der Waals surface area contributed by atoms with Gasteiger partial charge in [-0.1, -0.05) is 0 Å². The molecule has 2 atom stereocenters. The normalized spacial score (nSPS) is 18.7. The molecule has 28 heavy (non-hydrogen) atoms. The summed E-state index contributed by atoms with van der Waals surface area (Å²) in [6.45, 7) is 1.25. The number of hydrogen-bond donors (Lipinski definition) is 3. The van der Waals surface area contributed by atoms with Crippen LogP contribution in [0.2, 0.25) is 0 Å². The van der Waals surface area contributed by atoms with E-state index in [4.69, 9.17) is 0 Å². The molecule has 1 saturated heterocycles. The molecule has 3 aromatic rings. The summed E-state index contributed by atoms with van der Waals surface area (Å²) in [4.78, 5) is 12.7. The molecule has 10 heteroatoms. The van der Waals surface area contributed by atoms with Crippen molar-refractivity contribution in [1.29, 1.82) is 0 Å². The monoisotopic (exact) mass is 408 g/mol. The summed E-state index contributed by atoms with van der Waals surface area (Å²) in [5, 5.41) is 16.9. The summed E-state index contributed by atoms with van der Waals surface area (Å²) in [6, 6.07) is 4.74. The Balaban J connectivity index is 0.00000225. The smallest absolute Gasteiger partial charge is 0.230 e. The summed E-state index contributed by atoms with van der Waals surface area (Å²) < 4.78 is 28.5. The summed E-state index contributed by atoms with van der Waals surface area (Å²) >= 11 is 0. The number of amides is 1. The molecule has 0 aliphatic carbocycles. The first kappa shape index (κ1) is 20.0. The van der Waals surface area contributed by atoms with E-state index in [0.717, 1.165) is 11.6 Å². The van der Waals surface area contributed by atoms with Gasteiger partial charge in [-0.2, -0.15) is 10.2 Å². The Morgan fingerprint density at radius 1 is 1.21 bits per heavy atom. The first-order valence-corrected chi connectivity index (χ1v) is 8.51. The quantitative estimate of drug-likeness (QED) is 0.618. The average Bonchev–Trinajstić information content (AvgIpc) is 3.33. The lowest BCUT2D eigenvalue weighted by Crippen LogP contribution is -2.28. The number of rotatable bonds is 4. The van der Waals surface area contributed by atoms with Crippen LogP contribution in [0.5, 0.6) is 0 Å². The van der Waals surface area contributed by atoms with Crippen LogP contribution >= 0.6 is 12.4 Å². The Morgan fingerprint density at radius 3 is 2.64 bits per heavy atom. The van der Waals surface area contributed by atoms with Gasteiger partial charge in [-0.05, 0) is 17.7 Å². The predicted octanol–water partition coefficient (Wildman–Crippen LogP) is 2.45. The number of nitrogens with one attached hydrogen (secondary N) is 3. The maximum Gasteiger partial charge on any atom is 0.230 e. The zero-order valence-corrected chi connectivity index (χ0v) is 15.8. The molecule has 7 nitrogen and oxygen atoms in total. The van der Waals surface area contributed by atoms with E-state index in [1.807, 2.05) is 13.2 Å². The van der Waals surface area contributed by atoms with Crippen molar-refractivity contribution in [3.63, 3.8) is 0 Å². The van der Waals surface area contributed by atoms with Crippen LogP contribution in [0.3, 0.4) is 0 Å². The van der Waals surface area contributed by atoms with E-state index >= 15 is 0 Å². The summed E-state index contributed by atoms with van der Waals surface area (Å²) in [5.41, 5.74) is 1.73. The number of H-pyrrole nitrogens is 1. The molecular formula is C18H19ClF2N6O. The van der Waals surface area contributed by atoms with Crippen molar-refractivity contribution >= 4 is 24.1 Å². The minimum absolute atomic E-state index is 0. The lowest BCUT2D eigenvalue weighted by Gasteiger charge is -2.16. The molecule has 3 N–H and O–H groups in total. The summed E-state index contributed by atoms with van der Waals surface area (Å²) in [5.74, 6) is -1.47. The van der Waals surface area contributed by atoms with Crippen molar-refractivity contribution in [3.8, 4) is 11.3 Å². The molecular weight excluding hydrogens is 390 g/mol. The molecule has 1 aliphatic rings. The third kappa shape index (κ3) is 4.05. The first-order chi connectivity index (χ1) is 13.0. The van der Waals surface area contributed by atoms with Crippen molar-refractivity contribution in [2.75, 3.05) is 18.4 Å². The third-order valence-corrected chi connectivity index (χ3v) is 4.71. The molecule has 1 amide bonds. The fourth-order valence-electron chi connectivity index (χ4n) is 3.40. The van der Waals surface area contributed by atoms with E-state index in [-0.39, 0.29) is 30.2 Å². The average molecular weight is 409 g/mol. The van der Waals surface area contributed by atoms with Crippen LogP contribution in [0.15, 0.2) is 36.7 Å². The maximum absolute atomic E-state index is 13.4. The lowest BCUT2D eigenvalue weighted by molar-refractivity contribution is -0.119. The molecule has 0 spiro atoms. The summed E-state index contributed by atoms with van der Waals surface area (Å²) in [7, 11) is 1.83. The Hall–Kier alpha value is -2.78. The topological polar surface area (TPSA) is 87.6 Å². The number of benzene rings is 1. The third-order valence-electron chi connectivity index (χ3n) is 4.71. The van der Waals surface area contributed by atoms with Crippen molar-refractivity contribution in [3.05, 3.63) is 53.9 Å². The minimum Gasteiger partial charge on any atom is -0.315 e. The van der Waals surface area contributed by atoms with Crippen molar-refractivity contribution in [2.45, 2.75) is 5.92 Å². The molecule has 148 valence electrons. The molecule has 4 rings (SSSR count). The van der Waals surface area contributed by atoms with Crippen molar-refractivity contribution in [1.82, 2.24) is 25.3 Å². The zero-order chi connectivity index (χ0) is 19.0. The predicted molar refractivity (Wildman–Crippen MR) is 102 cm³/mol. The second-order valence-corrected chi connectivity index (χ2v) is 6.63. The van der Waals surface area contributed by atoms with Crippen LogP contribution < -0.4 is 10.6 Å². The first-order valence-electron chi connectivity index (χ1n) is 8.51. The molecule has 2 aromatic heterocycles. The van der Waals surface area contributed by atoms with Crippen LogP contribution in [0.1, 0.15) is 11.5 Å². The second-order valence-electron chi connectivity index (χ2n) is 6.63. The Kier molecular flexibility index (Phi) is 5.76. The highest BCUT2D eigenvalue weighted by molar-refractivity contribution is 5.93. The highest BCUT2D eigenvalue weighted by Crippen LogP contribution is 2.29. The minimum atomic E-state index is -0.679. The van der Waals surface area contributed by atoms with Crippen LogP contribution in [0.4, 0.5) is 14.6 Å². The molecule has 1 aromatic carbocycles. The van der Waals surface area contributed by atoms with Gasteiger partial charge < -0.3 is 10.6 Å². The Labute approximate surface area is 165 Å². The number of aromatic amines is 1. The van der Waals surface area contributed by atoms with Crippen LogP contribution in [0, 0.1) is 17.6 Å². The van der Waals surface area contributed by atoms with Crippen molar-refractivity contribution < 1.29 is 13.6 Å². The molecule has 0 radical (unpaired) electrons. The van der Waals surface area contributed by atoms with Gasteiger partial charge in [-0.15, -0.1) is 12.4 Å². The maximum atomic E-state index is 13.4. The zero-order valence-electron chi connectivity index (χ0n) is 14.9. The summed E-state index contributed by atoms with van der Waals surface area (Å²) in [6.07, 6.45) is 3.67. The largest absolute Gasteiger partial charge is 0.315 e. The molecule has 1 fully saturated rings. The molecule has 3 heterocycles. The number of hydrogen-bond acceptors (Lipinski definition) is 4. The SMILES string of the molecule is Cl.Cn1cc([C@H]2CNC[C@@H]2C(=O)Nc2cc(-c3cc(F)cc(F)c3)[nH]n2)cn1. The van der Waals surface area contributed by atoms with Gasteiger partial charge in [0.1, 0.15) is 11.6 Å². The van der Waals surface area contributed by atoms with Gasteiger partial charge in [0, 0.05) is 49.9 Å². The fourth-order valence-corrected chi connectivity index (χ4v) is 3.40. The number of carbonyl (C=O) groups is 1. The van der Waals surface area contributed by atoms with Gasteiger partial charge in [0.05, 0.1) is 17.8 Å². The van der Waals surface area contributed by atoms with E-state index in [9.17, 15) is 13.6 Å². The van der Waals surface area contributed by atoms with Crippen LogP contribution in [-0.2, 0) is 11.8 Å². The van der Waals surface area contributed by atoms with E-state index in [1.165, 1.54) is 12.1 Å². The van der Waals surface area contributed by atoms with Gasteiger partial charge in [0.15, 0.2) is 5.82 Å². The number of anilines is 1. The highest BCUT2D eigenvalue weighted by Gasteiger charge is 2.35. The number of nitrogens with zero attached hydrogens (tertiary/aromatic N) is 3. The molecule has 0 unspecified atom stereocenters. The van der Waals surface area contributed by atoms with Crippen LogP contribution in [-0.4, -0.2) is 39.0 Å². The van der Waals surface area contributed by atoms with E-state index in [0.29, 0.717) is 30.2 Å². The molecule has 0 bridgehead atoms. The Morgan fingerprint density at radius 2 is 1.96 bits per heavy atom. The van der Waals surface area contributed by atoms with Gasteiger partial charge in [-0.25, -0.2) is 8.78 Å². The van der Waals surface area contributed by atoms with Gasteiger partial charge in [0.25, 0.3) is 0 Å². The fraction of sp³-hybridized carbons (Fsp3) is 0.278. The number of aromatic nitrogens is 4. The van der Waals surface area contributed by atoms with Gasteiger partial charge >= 0.3 is 0 Å². The van der Waals surface area contributed by atoms with E-state index < -0.39 is 11.6 Å². The molecule has 0 saturated carbocycles. The standard InChI is InChI=1S/C18H18F2N6O.ClH/c1-26-9-11(6-22-26)14-7-21-8-15(14)18(27)23-17-5-16(24-25-17)10-2-12(19)4-13(20)3-10;/h2-6,9,14-15,21H,7-8H2,1H3,(H2,23,24,25,27);1H/t14-,15+;/m1./s1. The van der Waals surface area contributed by atoms with Gasteiger partial charge in [0.2, 0.25) is 5.91 Å². The number of halogens is 3. The number of aryl methyl sites for hydroxylation is 1. The van der Waals surface area contributed by atoms with Gasteiger partial charge in [-0.3, -0.25) is 14.6 Å². The highest BCUT2D eigenvalue weighted by atomic mass is 35.5. The number of carbonyl (C=O) groups excluding carboxylic acids is 1. The Bertz CT molecular complexity index is 968. The van der Waals surface area contributed by atoms with Crippen molar-refractivity contribution in [2.24, 2.45) is 13.0 Å². The van der Waals surface area contributed by atoms with E-state index in [2.05, 4.69) is 25.9 Å². The second kappa shape index (κ2) is 8.07.